The van der Waals surface area contributed by atoms with Gasteiger partial charge in [0, 0.05) is 6.54 Å². The van der Waals surface area contributed by atoms with E-state index < -0.39 is 5.54 Å². The number of hydrogen-bond donors (Lipinski definition) is 2. The van der Waals surface area contributed by atoms with E-state index in [1.165, 1.54) is 0 Å². The Bertz CT molecular complexity index is 728. The number of anilines is 2. The summed E-state index contributed by atoms with van der Waals surface area (Å²) in [7, 11) is 0. The van der Waals surface area contributed by atoms with E-state index in [2.05, 4.69) is 17.1 Å². The predicted octanol–water partition coefficient (Wildman–Crippen LogP) is 1.96. The molecule has 6 nitrogen and oxygen atoms in total. The SMILES string of the molecule is CC1(CN)CCN(CC(=O)N2c3ccccc3NC(=O)C23CCCC3)C1. The van der Waals surface area contributed by atoms with Gasteiger partial charge in [0.2, 0.25) is 5.91 Å². The minimum atomic E-state index is -0.720. The zero-order valence-electron chi connectivity index (χ0n) is 15.5. The fourth-order valence-corrected chi connectivity index (χ4v) is 4.82. The highest BCUT2D eigenvalue weighted by atomic mass is 16.2. The van der Waals surface area contributed by atoms with E-state index in [9.17, 15) is 9.59 Å². The van der Waals surface area contributed by atoms with E-state index in [4.69, 9.17) is 5.73 Å². The van der Waals surface area contributed by atoms with E-state index in [0.29, 0.717) is 13.1 Å². The van der Waals surface area contributed by atoms with Crippen LogP contribution in [0, 0.1) is 5.41 Å². The van der Waals surface area contributed by atoms with Crippen LogP contribution in [0.1, 0.15) is 39.0 Å². The Morgan fingerprint density at radius 3 is 2.65 bits per heavy atom. The fourth-order valence-electron chi connectivity index (χ4n) is 4.82. The molecule has 1 aromatic rings. The summed E-state index contributed by atoms with van der Waals surface area (Å²) in [6.07, 6.45) is 4.44. The van der Waals surface area contributed by atoms with E-state index in [-0.39, 0.29) is 17.2 Å². The molecule has 0 radical (unpaired) electrons. The third-order valence-electron chi connectivity index (χ3n) is 6.41. The Morgan fingerprint density at radius 2 is 1.96 bits per heavy atom. The Balaban J connectivity index is 1.63. The molecule has 0 bridgehead atoms. The van der Waals surface area contributed by atoms with Crippen LogP contribution in [0.3, 0.4) is 0 Å². The van der Waals surface area contributed by atoms with Crippen molar-refractivity contribution in [2.75, 3.05) is 36.4 Å². The molecule has 1 saturated heterocycles. The number of nitrogens with one attached hydrogen (secondary N) is 1. The van der Waals surface area contributed by atoms with E-state index >= 15 is 0 Å². The van der Waals surface area contributed by atoms with E-state index in [0.717, 1.165) is 56.6 Å². The molecule has 26 heavy (non-hydrogen) atoms. The molecule has 2 aliphatic heterocycles. The summed E-state index contributed by atoms with van der Waals surface area (Å²) >= 11 is 0. The van der Waals surface area contributed by atoms with Crippen LogP contribution >= 0.6 is 0 Å². The monoisotopic (exact) mass is 356 g/mol. The molecule has 3 aliphatic rings. The molecule has 1 aromatic carbocycles. The standard InChI is InChI=1S/C20H28N4O2/c1-19(13-21)10-11-23(14-19)12-17(25)24-16-7-3-2-6-15(16)22-18(26)20(24)8-4-5-9-20/h2-3,6-7H,4-5,8-14,21H2,1H3,(H,22,26). The Kier molecular flexibility index (Phi) is 4.28. The van der Waals surface area contributed by atoms with Gasteiger partial charge in [-0.3, -0.25) is 19.4 Å². The molecule has 3 N–H and O–H groups in total. The highest BCUT2D eigenvalue weighted by Gasteiger charge is 2.52. The van der Waals surface area contributed by atoms with Gasteiger partial charge in [0.1, 0.15) is 5.54 Å². The van der Waals surface area contributed by atoms with E-state index in [1.807, 2.05) is 29.2 Å². The first-order valence-electron chi connectivity index (χ1n) is 9.63. The topological polar surface area (TPSA) is 78.7 Å². The number of hydrogen-bond acceptors (Lipinski definition) is 4. The lowest BCUT2D eigenvalue weighted by Gasteiger charge is -2.44. The minimum absolute atomic E-state index is 0.0236. The predicted molar refractivity (Wildman–Crippen MR) is 102 cm³/mol. The number of benzene rings is 1. The quantitative estimate of drug-likeness (QED) is 0.868. The summed E-state index contributed by atoms with van der Waals surface area (Å²) in [5, 5.41) is 3.03. The summed E-state index contributed by atoms with van der Waals surface area (Å²) in [6, 6.07) is 7.64. The van der Waals surface area contributed by atoms with Crippen molar-refractivity contribution < 1.29 is 9.59 Å². The van der Waals surface area contributed by atoms with Crippen molar-refractivity contribution in [1.29, 1.82) is 0 Å². The lowest BCUT2D eigenvalue weighted by Crippen LogP contribution is -2.62. The van der Waals surface area contributed by atoms with Crippen LogP contribution in [0.5, 0.6) is 0 Å². The van der Waals surface area contributed by atoms with Gasteiger partial charge in [0.15, 0.2) is 0 Å². The smallest absolute Gasteiger partial charge is 0.250 e. The van der Waals surface area contributed by atoms with Crippen LogP contribution < -0.4 is 16.0 Å². The number of fused-ring (bicyclic) bond motifs is 1. The van der Waals surface area contributed by atoms with Crippen molar-refractivity contribution in [3.63, 3.8) is 0 Å². The number of carbonyl (C=O) groups excluding carboxylic acids is 2. The van der Waals surface area contributed by atoms with Crippen molar-refractivity contribution in [1.82, 2.24) is 4.90 Å². The van der Waals surface area contributed by atoms with Crippen molar-refractivity contribution in [2.24, 2.45) is 11.1 Å². The van der Waals surface area contributed by atoms with Crippen molar-refractivity contribution in [2.45, 2.75) is 44.6 Å². The molecule has 1 unspecified atom stereocenters. The summed E-state index contributed by atoms with van der Waals surface area (Å²) in [6.45, 7) is 4.88. The number of rotatable bonds is 3. The van der Waals surface area contributed by atoms with Crippen LogP contribution in [0.15, 0.2) is 24.3 Å². The molecule has 2 heterocycles. The molecule has 4 rings (SSSR count). The second-order valence-corrected chi connectivity index (χ2v) is 8.41. The molecular formula is C20H28N4O2. The number of nitrogens with two attached hydrogens (primary N) is 1. The Hall–Kier alpha value is -1.92. The largest absolute Gasteiger partial charge is 0.330 e. The van der Waals surface area contributed by atoms with Gasteiger partial charge in [-0.05, 0) is 49.9 Å². The van der Waals surface area contributed by atoms with Crippen molar-refractivity contribution in [3.05, 3.63) is 24.3 Å². The second kappa shape index (κ2) is 6.35. The van der Waals surface area contributed by atoms with Crippen LogP contribution in [0.4, 0.5) is 11.4 Å². The van der Waals surface area contributed by atoms with Gasteiger partial charge in [-0.2, -0.15) is 0 Å². The van der Waals surface area contributed by atoms with Crippen LogP contribution in [-0.2, 0) is 9.59 Å². The van der Waals surface area contributed by atoms with Gasteiger partial charge in [0.25, 0.3) is 5.91 Å². The zero-order chi connectivity index (χ0) is 18.4. The summed E-state index contributed by atoms with van der Waals surface area (Å²) < 4.78 is 0. The van der Waals surface area contributed by atoms with Crippen molar-refractivity contribution >= 4 is 23.2 Å². The summed E-state index contributed by atoms with van der Waals surface area (Å²) in [4.78, 5) is 30.3. The normalized spacial score (nSPS) is 27.6. The number of para-hydroxylation sites is 2. The molecule has 6 heteroatoms. The molecule has 1 atom stereocenters. The van der Waals surface area contributed by atoms with Crippen LogP contribution in [0.25, 0.3) is 0 Å². The summed E-state index contributed by atoms with van der Waals surface area (Å²) in [5.41, 5.74) is 6.84. The third kappa shape index (κ3) is 2.72. The van der Waals surface area contributed by atoms with Crippen LogP contribution in [0.2, 0.25) is 0 Å². The van der Waals surface area contributed by atoms with Gasteiger partial charge in [-0.1, -0.05) is 31.9 Å². The lowest BCUT2D eigenvalue weighted by molar-refractivity contribution is -0.128. The number of likely N-dealkylation sites (tertiary alicyclic amines) is 1. The first-order chi connectivity index (χ1) is 12.5. The first-order valence-corrected chi connectivity index (χ1v) is 9.63. The Labute approximate surface area is 154 Å². The highest BCUT2D eigenvalue weighted by Crippen LogP contribution is 2.45. The average molecular weight is 356 g/mol. The molecule has 2 fully saturated rings. The number of nitrogens with zero attached hydrogens (tertiary/aromatic N) is 2. The second-order valence-electron chi connectivity index (χ2n) is 8.41. The van der Waals surface area contributed by atoms with Gasteiger partial charge in [-0.25, -0.2) is 0 Å². The average Bonchev–Trinajstić information content (AvgIpc) is 3.25. The van der Waals surface area contributed by atoms with Crippen LogP contribution in [-0.4, -0.2) is 48.4 Å². The lowest BCUT2D eigenvalue weighted by atomic mass is 9.89. The van der Waals surface area contributed by atoms with Crippen molar-refractivity contribution in [3.8, 4) is 0 Å². The maximum atomic E-state index is 13.4. The maximum absolute atomic E-state index is 13.4. The van der Waals surface area contributed by atoms with Gasteiger partial charge < -0.3 is 11.1 Å². The van der Waals surface area contributed by atoms with Gasteiger partial charge >= 0.3 is 0 Å². The first kappa shape index (κ1) is 17.5. The van der Waals surface area contributed by atoms with Gasteiger partial charge in [0.05, 0.1) is 17.9 Å². The molecule has 1 aliphatic carbocycles. The number of carbonyl (C=O) groups is 2. The molecule has 0 aromatic heterocycles. The summed E-state index contributed by atoms with van der Waals surface area (Å²) in [5.74, 6) is -0.00857. The molecule has 2 amide bonds. The third-order valence-corrected chi connectivity index (χ3v) is 6.41. The van der Waals surface area contributed by atoms with Gasteiger partial charge in [-0.15, -0.1) is 0 Å². The zero-order valence-corrected chi connectivity index (χ0v) is 15.5. The molecule has 1 spiro atoms. The highest BCUT2D eigenvalue weighted by molar-refractivity contribution is 6.15. The number of amides is 2. The molecule has 1 saturated carbocycles. The molecule has 140 valence electrons. The molecular weight excluding hydrogens is 328 g/mol. The fraction of sp³-hybridized carbons (Fsp3) is 0.600. The minimum Gasteiger partial charge on any atom is -0.330 e. The Morgan fingerprint density at radius 1 is 1.23 bits per heavy atom. The maximum Gasteiger partial charge on any atom is 0.250 e. The van der Waals surface area contributed by atoms with E-state index in [1.54, 1.807) is 0 Å².